The molecule has 1 N–H and O–H groups in total. The van der Waals surface area contributed by atoms with E-state index in [0.717, 1.165) is 29.8 Å². The minimum atomic E-state index is -0.279. The van der Waals surface area contributed by atoms with Gasteiger partial charge in [0.15, 0.2) is 11.5 Å². The zero-order valence-electron chi connectivity index (χ0n) is 18.1. The van der Waals surface area contributed by atoms with Gasteiger partial charge in [0.1, 0.15) is 11.6 Å². The van der Waals surface area contributed by atoms with Crippen LogP contribution in [0.2, 0.25) is 0 Å². The van der Waals surface area contributed by atoms with Gasteiger partial charge < -0.3 is 19.1 Å². The van der Waals surface area contributed by atoms with E-state index in [0.29, 0.717) is 29.4 Å². The molecule has 0 unspecified atom stereocenters. The maximum atomic E-state index is 13.1. The number of aryl methyl sites for hydroxylation is 1. The minimum Gasteiger partial charge on any atom is -0.496 e. The zero-order valence-corrected chi connectivity index (χ0v) is 18.1. The van der Waals surface area contributed by atoms with Crippen molar-refractivity contribution >= 4 is 5.91 Å². The lowest BCUT2D eigenvalue weighted by atomic mass is 10.1. The number of carbonyl (C=O) groups is 1. The van der Waals surface area contributed by atoms with Gasteiger partial charge in [0.25, 0.3) is 5.91 Å². The molecule has 164 valence electrons. The normalized spacial score (nSPS) is 10.6. The van der Waals surface area contributed by atoms with Crippen molar-refractivity contribution in [1.29, 1.82) is 0 Å². The number of ether oxygens (including phenoxy) is 3. The second-order valence-electron chi connectivity index (χ2n) is 7.02. The SMILES string of the molecule is COc1cc(OC)c(C(=O)N(C)CCCc2cc(-c3ccc(F)cc3)n[nH]2)cc1OC. The van der Waals surface area contributed by atoms with Crippen molar-refractivity contribution in [1.82, 2.24) is 15.1 Å². The summed E-state index contributed by atoms with van der Waals surface area (Å²) in [5.74, 6) is 0.931. The summed E-state index contributed by atoms with van der Waals surface area (Å²) in [4.78, 5) is 14.6. The van der Waals surface area contributed by atoms with E-state index < -0.39 is 0 Å². The molecule has 3 rings (SSSR count). The molecule has 0 radical (unpaired) electrons. The zero-order chi connectivity index (χ0) is 22.4. The molecule has 0 bridgehead atoms. The molecule has 31 heavy (non-hydrogen) atoms. The number of H-pyrrole nitrogens is 1. The van der Waals surface area contributed by atoms with Crippen LogP contribution >= 0.6 is 0 Å². The van der Waals surface area contributed by atoms with Crippen molar-refractivity contribution in [3.63, 3.8) is 0 Å². The number of carbonyl (C=O) groups excluding carboxylic acids is 1. The van der Waals surface area contributed by atoms with Crippen LogP contribution in [0.3, 0.4) is 0 Å². The Morgan fingerprint density at radius 1 is 1.00 bits per heavy atom. The summed E-state index contributed by atoms with van der Waals surface area (Å²) in [5, 5.41) is 7.29. The topological polar surface area (TPSA) is 76.7 Å². The molecule has 0 aliphatic heterocycles. The number of hydrogen-bond donors (Lipinski definition) is 1. The van der Waals surface area contributed by atoms with Crippen LogP contribution < -0.4 is 14.2 Å². The average Bonchev–Trinajstić information content (AvgIpc) is 3.26. The van der Waals surface area contributed by atoms with E-state index >= 15 is 0 Å². The van der Waals surface area contributed by atoms with Gasteiger partial charge in [-0.2, -0.15) is 5.10 Å². The molecule has 0 aliphatic rings. The van der Waals surface area contributed by atoms with E-state index in [1.807, 2.05) is 6.07 Å². The van der Waals surface area contributed by atoms with Gasteiger partial charge in [-0.25, -0.2) is 4.39 Å². The molecule has 8 heteroatoms. The van der Waals surface area contributed by atoms with Gasteiger partial charge in [-0.1, -0.05) is 0 Å². The average molecular weight is 427 g/mol. The number of benzene rings is 2. The van der Waals surface area contributed by atoms with E-state index in [4.69, 9.17) is 14.2 Å². The molecular weight excluding hydrogens is 401 g/mol. The molecular formula is C23H26FN3O4. The first kappa shape index (κ1) is 22.1. The molecule has 0 aliphatic carbocycles. The lowest BCUT2D eigenvalue weighted by Gasteiger charge is -2.20. The van der Waals surface area contributed by atoms with Crippen molar-refractivity contribution in [3.05, 3.63) is 59.5 Å². The third-order valence-electron chi connectivity index (χ3n) is 4.99. The summed E-state index contributed by atoms with van der Waals surface area (Å²) >= 11 is 0. The fourth-order valence-electron chi connectivity index (χ4n) is 3.27. The smallest absolute Gasteiger partial charge is 0.257 e. The van der Waals surface area contributed by atoms with Gasteiger partial charge in [-0.15, -0.1) is 0 Å². The first-order valence-corrected chi connectivity index (χ1v) is 9.82. The second-order valence-corrected chi connectivity index (χ2v) is 7.02. The highest BCUT2D eigenvalue weighted by atomic mass is 19.1. The summed E-state index contributed by atoms with van der Waals surface area (Å²) in [7, 11) is 6.30. The van der Waals surface area contributed by atoms with Crippen LogP contribution in [0.4, 0.5) is 4.39 Å². The molecule has 1 aromatic heterocycles. The minimum absolute atomic E-state index is 0.172. The standard InChI is InChI=1S/C23H26FN3O4/c1-27(23(28)18-13-21(30-3)22(31-4)14-20(18)29-2)11-5-6-17-12-19(26-25-17)15-7-9-16(24)10-8-15/h7-10,12-14H,5-6,11H2,1-4H3,(H,25,26). The maximum Gasteiger partial charge on any atom is 0.257 e. The highest BCUT2D eigenvalue weighted by molar-refractivity contribution is 5.97. The van der Waals surface area contributed by atoms with Crippen LogP contribution in [0.1, 0.15) is 22.5 Å². The van der Waals surface area contributed by atoms with E-state index in [1.165, 1.54) is 33.5 Å². The Hall–Kier alpha value is -3.55. The molecule has 0 saturated heterocycles. The Bertz CT molecular complexity index is 1030. The summed E-state index contributed by atoms with van der Waals surface area (Å²) in [6.07, 6.45) is 1.46. The van der Waals surface area contributed by atoms with Crippen LogP contribution in [0, 0.1) is 5.82 Å². The molecule has 1 heterocycles. The fraction of sp³-hybridized carbons (Fsp3) is 0.304. The highest BCUT2D eigenvalue weighted by Gasteiger charge is 2.20. The molecule has 2 aromatic carbocycles. The first-order valence-electron chi connectivity index (χ1n) is 9.82. The van der Waals surface area contributed by atoms with Gasteiger partial charge >= 0.3 is 0 Å². The first-order chi connectivity index (χ1) is 15.0. The number of methoxy groups -OCH3 is 3. The van der Waals surface area contributed by atoms with Crippen molar-refractivity contribution in [2.75, 3.05) is 34.9 Å². The van der Waals surface area contributed by atoms with Gasteiger partial charge in [0.05, 0.1) is 32.6 Å². The monoisotopic (exact) mass is 427 g/mol. The Labute approximate surface area is 180 Å². The summed E-state index contributed by atoms with van der Waals surface area (Å²) in [6, 6.07) is 11.4. The molecule has 0 saturated carbocycles. The Kier molecular flexibility index (Phi) is 7.12. The molecule has 1 amide bonds. The van der Waals surface area contributed by atoms with Gasteiger partial charge in [-0.05, 0) is 43.2 Å². The van der Waals surface area contributed by atoms with Crippen LogP contribution in [-0.2, 0) is 6.42 Å². The number of nitrogens with zero attached hydrogens (tertiary/aromatic N) is 2. The number of aromatic amines is 1. The molecule has 0 atom stereocenters. The quantitative estimate of drug-likeness (QED) is 0.560. The van der Waals surface area contributed by atoms with E-state index in [-0.39, 0.29) is 11.7 Å². The van der Waals surface area contributed by atoms with E-state index in [9.17, 15) is 9.18 Å². The van der Waals surface area contributed by atoms with Crippen LogP contribution in [-0.4, -0.2) is 55.9 Å². The van der Waals surface area contributed by atoms with Crippen molar-refractivity contribution in [2.45, 2.75) is 12.8 Å². The number of aromatic nitrogens is 2. The van der Waals surface area contributed by atoms with Crippen LogP contribution in [0.25, 0.3) is 11.3 Å². The molecule has 7 nitrogen and oxygen atoms in total. The van der Waals surface area contributed by atoms with Gasteiger partial charge in [0, 0.05) is 37.0 Å². The number of amides is 1. The Morgan fingerprint density at radius 3 is 2.29 bits per heavy atom. The Balaban J connectivity index is 1.62. The summed E-state index contributed by atoms with van der Waals surface area (Å²) in [6.45, 7) is 0.543. The Morgan fingerprint density at radius 2 is 1.65 bits per heavy atom. The molecule has 0 spiro atoms. The fourth-order valence-corrected chi connectivity index (χ4v) is 3.27. The lowest BCUT2D eigenvalue weighted by molar-refractivity contribution is 0.0789. The van der Waals surface area contributed by atoms with Crippen molar-refractivity contribution in [3.8, 4) is 28.5 Å². The predicted octanol–water partition coefficient (Wildman–Crippen LogP) is 3.95. The number of rotatable bonds is 9. The molecule has 3 aromatic rings. The summed E-state index contributed by atoms with van der Waals surface area (Å²) < 4.78 is 29.0. The highest BCUT2D eigenvalue weighted by Crippen LogP contribution is 2.35. The lowest BCUT2D eigenvalue weighted by Crippen LogP contribution is -2.28. The number of halogens is 1. The third-order valence-corrected chi connectivity index (χ3v) is 4.99. The predicted molar refractivity (Wildman–Crippen MR) is 115 cm³/mol. The summed E-state index contributed by atoms with van der Waals surface area (Å²) in [5.41, 5.74) is 2.96. The van der Waals surface area contributed by atoms with Gasteiger partial charge in [-0.3, -0.25) is 9.89 Å². The third kappa shape index (κ3) is 5.14. The second kappa shape index (κ2) is 9.97. The van der Waals surface area contributed by atoms with Crippen molar-refractivity contribution < 1.29 is 23.4 Å². The molecule has 0 fully saturated rings. The number of nitrogens with one attached hydrogen (secondary N) is 1. The van der Waals surface area contributed by atoms with Crippen molar-refractivity contribution in [2.24, 2.45) is 0 Å². The van der Waals surface area contributed by atoms with Gasteiger partial charge in [0.2, 0.25) is 0 Å². The van der Waals surface area contributed by atoms with E-state index in [1.54, 1.807) is 36.2 Å². The van der Waals surface area contributed by atoms with E-state index in [2.05, 4.69) is 10.2 Å². The largest absolute Gasteiger partial charge is 0.496 e. The maximum absolute atomic E-state index is 13.1. The van der Waals surface area contributed by atoms with Crippen LogP contribution in [0.15, 0.2) is 42.5 Å². The number of hydrogen-bond acceptors (Lipinski definition) is 5. The van der Waals surface area contributed by atoms with Crippen LogP contribution in [0.5, 0.6) is 17.2 Å².